The second kappa shape index (κ2) is 7.88. The monoisotopic (exact) mass is 249 g/mol. The molecular weight excluding hydrogens is 226 g/mol. The van der Waals surface area contributed by atoms with Crippen LogP contribution in [-0.2, 0) is 17.8 Å². The molecule has 0 heterocycles. The molecular formula is C15H23NO2. The molecule has 0 saturated heterocycles. The zero-order chi connectivity index (χ0) is 13.4. The standard InChI is InChI=1S/C15H23NO2/c1-3-7-14(4-2)16-11-13-9-6-5-8-12(13)10-15(17)18/h5-6,8-9,14,16H,3-4,7,10-11H2,1-2H3,(H,17,18). The smallest absolute Gasteiger partial charge is 0.307 e. The zero-order valence-electron chi connectivity index (χ0n) is 11.3. The summed E-state index contributed by atoms with van der Waals surface area (Å²) in [5.74, 6) is -0.775. The fourth-order valence-corrected chi connectivity index (χ4v) is 2.12. The van der Waals surface area contributed by atoms with Gasteiger partial charge in [-0.05, 0) is 24.0 Å². The van der Waals surface area contributed by atoms with E-state index in [0.717, 1.165) is 30.5 Å². The number of hydrogen-bond donors (Lipinski definition) is 2. The maximum absolute atomic E-state index is 10.8. The van der Waals surface area contributed by atoms with E-state index in [9.17, 15) is 4.79 Å². The van der Waals surface area contributed by atoms with E-state index < -0.39 is 5.97 Å². The van der Waals surface area contributed by atoms with Gasteiger partial charge in [0.2, 0.25) is 0 Å². The van der Waals surface area contributed by atoms with Gasteiger partial charge in [0.05, 0.1) is 6.42 Å². The summed E-state index contributed by atoms with van der Waals surface area (Å²) in [5, 5.41) is 12.4. The Kier molecular flexibility index (Phi) is 6.44. The summed E-state index contributed by atoms with van der Waals surface area (Å²) in [7, 11) is 0. The molecule has 18 heavy (non-hydrogen) atoms. The normalized spacial score (nSPS) is 12.3. The highest BCUT2D eigenvalue weighted by molar-refractivity contribution is 5.70. The van der Waals surface area contributed by atoms with Crippen LogP contribution in [0.1, 0.15) is 44.2 Å². The highest BCUT2D eigenvalue weighted by Gasteiger charge is 2.08. The second-order valence-corrected chi connectivity index (χ2v) is 4.61. The molecule has 0 aliphatic heterocycles. The van der Waals surface area contributed by atoms with E-state index in [1.165, 1.54) is 6.42 Å². The van der Waals surface area contributed by atoms with Crippen molar-refractivity contribution >= 4 is 5.97 Å². The van der Waals surface area contributed by atoms with Crippen LogP contribution in [0.15, 0.2) is 24.3 Å². The van der Waals surface area contributed by atoms with Crippen molar-refractivity contribution in [1.82, 2.24) is 5.32 Å². The quantitative estimate of drug-likeness (QED) is 0.744. The van der Waals surface area contributed by atoms with E-state index in [4.69, 9.17) is 5.11 Å². The van der Waals surface area contributed by atoms with Crippen LogP contribution in [0.3, 0.4) is 0 Å². The lowest BCUT2D eigenvalue weighted by molar-refractivity contribution is -0.136. The first kappa shape index (κ1) is 14.7. The van der Waals surface area contributed by atoms with E-state index in [1.54, 1.807) is 0 Å². The lowest BCUT2D eigenvalue weighted by Gasteiger charge is -2.17. The molecule has 0 amide bonds. The van der Waals surface area contributed by atoms with Gasteiger partial charge in [-0.2, -0.15) is 0 Å². The minimum atomic E-state index is -0.775. The first-order valence-electron chi connectivity index (χ1n) is 6.69. The van der Waals surface area contributed by atoms with Crippen molar-refractivity contribution in [3.05, 3.63) is 35.4 Å². The molecule has 0 radical (unpaired) electrons. The highest BCUT2D eigenvalue weighted by atomic mass is 16.4. The van der Waals surface area contributed by atoms with Crippen LogP contribution in [0, 0.1) is 0 Å². The van der Waals surface area contributed by atoms with Crippen molar-refractivity contribution in [3.8, 4) is 0 Å². The summed E-state index contributed by atoms with van der Waals surface area (Å²) in [5.41, 5.74) is 2.00. The Morgan fingerprint density at radius 1 is 1.28 bits per heavy atom. The summed E-state index contributed by atoms with van der Waals surface area (Å²) < 4.78 is 0. The molecule has 1 aromatic carbocycles. The first-order chi connectivity index (χ1) is 8.67. The topological polar surface area (TPSA) is 49.3 Å². The fraction of sp³-hybridized carbons (Fsp3) is 0.533. The van der Waals surface area contributed by atoms with Crippen LogP contribution in [0.5, 0.6) is 0 Å². The number of carboxylic acids is 1. The fourth-order valence-electron chi connectivity index (χ4n) is 2.12. The third kappa shape index (κ3) is 4.88. The Labute approximate surface area is 109 Å². The third-order valence-corrected chi connectivity index (χ3v) is 3.17. The van der Waals surface area contributed by atoms with E-state index in [-0.39, 0.29) is 6.42 Å². The maximum atomic E-state index is 10.8. The highest BCUT2D eigenvalue weighted by Crippen LogP contribution is 2.11. The van der Waals surface area contributed by atoms with Gasteiger partial charge in [-0.3, -0.25) is 4.79 Å². The lowest BCUT2D eigenvalue weighted by atomic mass is 10.0. The molecule has 1 unspecified atom stereocenters. The van der Waals surface area contributed by atoms with Crippen molar-refractivity contribution in [2.24, 2.45) is 0 Å². The summed E-state index contributed by atoms with van der Waals surface area (Å²) >= 11 is 0. The summed E-state index contributed by atoms with van der Waals surface area (Å²) in [6.45, 7) is 5.11. The minimum absolute atomic E-state index is 0.0996. The Balaban J connectivity index is 2.62. The van der Waals surface area contributed by atoms with Gasteiger partial charge in [-0.1, -0.05) is 44.5 Å². The molecule has 1 aromatic rings. The molecule has 0 aromatic heterocycles. The molecule has 0 saturated carbocycles. The van der Waals surface area contributed by atoms with Gasteiger partial charge in [0, 0.05) is 12.6 Å². The van der Waals surface area contributed by atoms with Gasteiger partial charge in [0.1, 0.15) is 0 Å². The Morgan fingerprint density at radius 2 is 1.94 bits per heavy atom. The molecule has 3 heteroatoms. The van der Waals surface area contributed by atoms with Gasteiger partial charge in [0.15, 0.2) is 0 Å². The number of nitrogens with one attached hydrogen (secondary N) is 1. The SMILES string of the molecule is CCCC(CC)NCc1ccccc1CC(=O)O. The molecule has 0 aliphatic rings. The van der Waals surface area contributed by atoms with Crippen molar-refractivity contribution in [2.75, 3.05) is 0 Å². The van der Waals surface area contributed by atoms with Crippen LogP contribution in [0.25, 0.3) is 0 Å². The molecule has 0 fully saturated rings. The minimum Gasteiger partial charge on any atom is -0.481 e. The number of carboxylic acid groups (broad SMARTS) is 1. The van der Waals surface area contributed by atoms with Crippen LogP contribution >= 0.6 is 0 Å². The van der Waals surface area contributed by atoms with Gasteiger partial charge in [-0.25, -0.2) is 0 Å². The van der Waals surface area contributed by atoms with Gasteiger partial charge >= 0.3 is 5.97 Å². The van der Waals surface area contributed by atoms with E-state index in [2.05, 4.69) is 19.2 Å². The molecule has 0 spiro atoms. The Hall–Kier alpha value is -1.35. The Morgan fingerprint density at radius 3 is 2.50 bits per heavy atom. The number of aliphatic carboxylic acids is 1. The number of carbonyl (C=O) groups is 1. The van der Waals surface area contributed by atoms with E-state index in [1.807, 2.05) is 24.3 Å². The predicted octanol–water partition coefficient (Wildman–Crippen LogP) is 2.98. The summed E-state index contributed by atoms with van der Waals surface area (Å²) in [6.07, 6.45) is 3.54. The van der Waals surface area contributed by atoms with E-state index >= 15 is 0 Å². The second-order valence-electron chi connectivity index (χ2n) is 4.61. The largest absolute Gasteiger partial charge is 0.481 e. The molecule has 0 aliphatic carbocycles. The van der Waals surface area contributed by atoms with Gasteiger partial charge in [0.25, 0.3) is 0 Å². The van der Waals surface area contributed by atoms with Gasteiger partial charge in [-0.15, -0.1) is 0 Å². The molecule has 1 rings (SSSR count). The van der Waals surface area contributed by atoms with Crippen LogP contribution < -0.4 is 5.32 Å². The van der Waals surface area contributed by atoms with E-state index in [0.29, 0.717) is 6.04 Å². The Bertz CT molecular complexity index is 377. The number of rotatable bonds is 8. The van der Waals surface area contributed by atoms with Crippen LogP contribution in [0.2, 0.25) is 0 Å². The molecule has 1 atom stereocenters. The van der Waals surface area contributed by atoms with Crippen LogP contribution in [-0.4, -0.2) is 17.1 Å². The average molecular weight is 249 g/mol. The lowest BCUT2D eigenvalue weighted by Crippen LogP contribution is -2.28. The first-order valence-corrected chi connectivity index (χ1v) is 6.69. The van der Waals surface area contributed by atoms with Gasteiger partial charge < -0.3 is 10.4 Å². The van der Waals surface area contributed by atoms with Crippen molar-refractivity contribution in [3.63, 3.8) is 0 Å². The van der Waals surface area contributed by atoms with Crippen LogP contribution in [0.4, 0.5) is 0 Å². The number of benzene rings is 1. The number of hydrogen-bond acceptors (Lipinski definition) is 2. The van der Waals surface area contributed by atoms with Crippen molar-refractivity contribution in [2.45, 2.75) is 52.1 Å². The third-order valence-electron chi connectivity index (χ3n) is 3.17. The average Bonchev–Trinajstić information content (AvgIpc) is 2.35. The zero-order valence-corrected chi connectivity index (χ0v) is 11.3. The molecule has 2 N–H and O–H groups in total. The summed E-state index contributed by atoms with van der Waals surface area (Å²) in [6, 6.07) is 8.28. The van der Waals surface area contributed by atoms with Crippen molar-refractivity contribution in [1.29, 1.82) is 0 Å². The maximum Gasteiger partial charge on any atom is 0.307 e. The molecule has 100 valence electrons. The van der Waals surface area contributed by atoms with Crippen molar-refractivity contribution < 1.29 is 9.90 Å². The molecule has 0 bridgehead atoms. The predicted molar refractivity (Wildman–Crippen MR) is 73.6 cm³/mol. The summed E-state index contributed by atoms with van der Waals surface area (Å²) in [4.78, 5) is 10.8. The molecule has 3 nitrogen and oxygen atoms in total.